The Morgan fingerprint density at radius 1 is 1.36 bits per heavy atom. The Labute approximate surface area is 67.4 Å². The van der Waals surface area contributed by atoms with Gasteiger partial charge in [0.1, 0.15) is 0 Å². The molecule has 0 atom stereocenters. The van der Waals surface area contributed by atoms with Crippen molar-refractivity contribution in [2.75, 3.05) is 0 Å². The normalized spacial score (nSPS) is 10.2. The van der Waals surface area contributed by atoms with E-state index in [9.17, 15) is 0 Å². The van der Waals surface area contributed by atoms with Gasteiger partial charge in [-0.2, -0.15) is 5.21 Å². The Morgan fingerprint density at radius 3 is 2.00 bits per heavy atom. The maximum absolute atomic E-state index is 3.38. The summed E-state index contributed by atoms with van der Waals surface area (Å²) < 4.78 is 0. The molecule has 0 radical (unpaired) electrons. The first-order valence-corrected chi connectivity index (χ1v) is 3.72. The van der Waals surface area contributed by atoms with E-state index in [1.54, 1.807) is 0 Å². The molecular formula is C7H16N4. The minimum Gasteiger partial charge on any atom is -0.177 e. The number of H-pyrrole nitrogens is 1. The van der Waals surface area contributed by atoms with Crippen molar-refractivity contribution in [1.29, 1.82) is 0 Å². The van der Waals surface area contributed by atoms with Crippen molar-refractivity contribution in [3.05, 3.63) is 6.33 Å². The lowest BCUT2D eigenvalue weighted by atomic mass is 9.94. The van der Waals surface area contributed by atoms with Crippen LogP contribution in [0.25, 0.3) is 0 Å². The monoisotopic (exact) mass is 156 g/mol. The fourth-order valence-electron chi connectivity index (χ4n) is 0.129. The predicted octanol–water partition coefficient (Wildman–Crippen LogP) is 1.64. The molecule has 4 heteroatoms. The van der Waals surface area contributed by atoms with Gasteiger partial charge >= 0.3 is 0 Å². The van der Waals surface area contributed by atoms with Crippen LogP contribution >= 0.6 is 0 Å². The van der Waals surface area contributed by atoms with Gasteiger partial charge in [0.05, 0.1) is 0 Å². The van der Waals surface area contributed by atoms with Gasteiger partial charge in [0, 0.05) is 0 Å². The first-order chi connectivity index (χ1) is 5.06. The van der Waals surface area contributed by atoms with Crippen LogP contribution in [0.15, 0.2) is 6.33 Å². The highest BCUT2D eigenvalue weighted by molar-refractivity contribution is 4.55. The van der Waals surface area contributed by atoms with E-state index in [4.69, 9.17) is 0 Å². The molecule has 0 spiro atoms. The average Bonchev–Trinajstić information content (AvgIpc) is 2.41. The topological polar surface area (TPSA) is 54.5 Å². The lowest BCUT2D eigenvalue weighted by molar-refractivity contribution is 0.398. The van der Waals surface area contributed by atoms with Crippen molar-refractivity contribution in [1.82, 2.24) is 20.6 Å². The van der Waals surface area contributed by atoms with Gasteiger partial charge in [-0.05, 0) is 5.41 Å². The van der Waals surface area contributed by atoms with Crippen molar-refractivity contribution < 1.29 is 0 Å². The van der Waals surface area contributed by atoms with Crippen LogP contribution in [-0.4, -0.2) is 20.6 Å². The molecule has 1 rings (SSSR count). The zero-order valence-electron chi connectivity index (χ0n) is 7.63. The lowest BCUT2D eigenvalue weighted by Crippen LogP contribution is -2.00. The maximum Gasteiger partial charge on any atom is 0.161 e. The molecule has 11 heavy (non-hydrogen) atoms. The fraction of sp³-hybridized carbons (Fsp3) is 0.857. The minimum absolute atomic E-state index is 0.542. The quantitative estimate of drug-likeness (QED) is 0.621. The second-order valence-electron chi connectivity index (χ2n) is 3.47. The second kappa shape index (κ2) is 4.82. The van der Waals surface area contributed by atoms with E-state index in [1.165, 1.54) is 12.7 Å². The molecule has 1 aromatic rings. The Kier molecular flexibility index (Phi) is 4.41. The molecule has 0 aromatic carbocycles. The van der Waals surface area contributed by atoms with Gasteiger partial charge in [0.15, 0.2) is 6.33 Å². The minimum atomic E-state index is 0.542. The Morgan fingerprint density at radius 2 is 1.91 bits per heavy atom. The van der Waals surface area contributed by atoms with E-state index in [2.05, 4.69) is 48.3 Å². The molecule has 1 heterocycles. The van der Waals surface area contributed by atoms with Crippen molar-refractivity contribution in [2.24, 2.45) is 5.41 Å². The number of nitrogens with one attached hydrogen (secondary N) is 1. The van der Waals surface area contributed by atoms with Crippen LogP contribution in [0, 0.1) is 5.41 Å². The molecule has 64 valence electrons. The molecule has 0 aliphatic carbocycles. The van der Waals surface area contributed by atoms with Gasteiger partial charge in [0.2, 0.25) is 0 Å². The van der Waals surface area contributed by atoms with Crippen LogP contribution in [-0.2, 0) is 0 Å². The Balaban J connectivity index is 0.000000183. The molecule has 0 amide bonds. The molecule has 1 N–H and O–H groups in total. The molecule has 0 aliphatic heterocycles. The highest BCUT2D eigenvalue weighted by Crippen LogP contribution is 2.16. The van der Waals surface area contributed by atoms with Crippen LogP contribution in [0.5, 0.6) is 0 Å². The summed E-state index contributed by atoms with van der Waals surface area (Å²) in [6, 6.07) is 0. The molecule has 0 bridgehead atoms. The second-order valence-corrected chi connectivity index (χ2v) is 3.47. The number of nitrogens with zero attached hydrogens (tertiary/aromatic N) is 3. The molecule has 0 saturated carbocycles. The highest BCUT2D eigenvalue weighted by atomic mass is 15.5. The standard InChI is InChI=1S/C6H14.CH2N4/c1-5-6(2,3)4;1-2-4-5-3-1/h5H2,1-4H3;1H,(H,2,3,4,5). The smallest absolute Gasteiger partial charge is 0.161 e. The van der Waals surface area contributed by atoms with Gasteiger partial charge in [-0.1, -0.05) is 39.3 Å². The zero-order chi connectivity index (χ0) is 8.74. The van der Waals surface area contributed by atoms with Crippen molar-refractivity contribution in [3.63, 3.8) is 0 Å². The van der Waals surface area contributed by atoms with Crippen LogP contribution in [0.2, 0.25) is 0 Å². The van der Waals surface area contributed by atoms with Gasteiger partial charge in [0.25, 0.3) is 0 Å². The number of tetrazole rings is 1. The highest BCUT2D eigenvalue weighted by Gasteiger charge is 2.03. The van der Waals surface area contributed by atoms with Crippen molar-refractivity contribution >= 4 is 0 Å². The summed E-state index contributed by atoms with van der Waals surface area (Å²) in [7, 11) is 0. The predicted molar refractivity (Wildman–Crippen MR) is 43.9 cm³/mol. The first-order valence-electron chi connectivity index (χ1n) is 3.72. The van der Waals surface area contributed by atoms with Crippen LogP contribution < -0.4 is 0 Å². The summed E-state index contributed by atoms with van der Waals surface area (Å²) in [5, 5.41) is 12.2. The van der Waals surface area contributed by atoms with Gasteiger partial charge < -0.3 is 0 Å². The summed E-state index contributed by atoms with van der Waals surface area (Å²) in [6.45, 7) is 8.94. The summed E-state index contributed by atoms with van der Waals surface area (Å²) in [5.41, 5.74) is 0.542. The molecule has 0 fully saturated rings. The molecular weight excluding hydrogens is 140 g/mol. The number of aromatic nitrogens is 4. The number of rotatable bonds is 0. The van der Waals surface area contributed by atoms with E-state index in [1.807, 2.05) is 0 Å². The summed E-state index contributed by atoms with van der Waals surface area (Å²) in [5.74, 6) is 0. The average molecular weight is 156 g/mol. The Bertz CT molecular complexity index is 134. The van der Waals surface area contributed by atoms with Gasteiger partial charge in [-0.3, -0.25) is 0 Å². The van der Waals surface area contributed by atoms with Crippen LogP contribution in [0.1, 0.15) is 34.1 Å². The molecule has 1 aromatic heterocycles. The van der Waals surface area contributed by atoms with E-state index in [0.29, 0.717) is 5.41 Å². The third-order valence-corrected chi connectivity index (χ3v) is 1.33. The lowest BCUT2D eigenvalue weighted by Gasteiger charge is -2.12. The zero-order valence-corrected chi connectivity index (χ0v) is 7.63. The molecule has 0 aliphatic rings. The first kappa shape index (κ1) is 10.1. The fourth-order valence-corrected chi connectivity index (χ4v) is 0.129. The van der Waals surface area contributed by atoms with E-state index >= 15 is 0 Å². The summed E-state index contributed by atoms with van der Waals surface area (Å²) >= 11 is 0. The molecule has 0 saturated heterocycles. The Hall–Kier alpha value is -0.930. The van der Waals surface area contributed by atoms with E-state index in [-0.39, 0.29) is 0 Å². The third-order valence-electron chi connectivity index (χ3n) is 1.33. The van der Waals surface area contributed by atoms with Crippen LogP contribution in [0.4, 0.5) is 0 Å². The van der Waals surface area contributed by atoms with E-state index in [0.717, 1.165) is 0 Å². The van der Waals surface area contributed by atoms with Crippen LogP contribution in [0.3, 0.4) is 0 Å². The third kappa shape index (κ3) is 9.07. The number of aromatic amines is 1. The number of hydrogen-bond donors (Lipinski definition) is 1. The summed E-state index contributed by atoms with van der Waals surface area (Å²) in [4.78, 5) is 0. The largest absolute Gasteiger partial charge is 0.177 e. The molecule has 4 nitrogen and oxygen atoms in total. The van der Waals surface area contributed by atoms with E-state index < -0.39 is 0 Å². The maximum atomic E-state index is 3.38. The van der Waals surface area contributed by atoms with Crippen molar-refractivity contribution in [2.45, 2.75) is 34.1 Å². The SMILES string of the molecule is CCC(C)(C)C.c1nn[nH]n1. The van der Waals surface area contributed by atoms with Gasteiger partial charge in [-0.25, -0.2) is 0 Å². The summed E-state index contributed by atoms with van der Waals surface area (Å²) in [6.07, 6.45) is 2.60. The van der Waals surface area contributed by atoms with Gasteiger partial charge in [-0.15, -0.1) is 10.2 Å². The van der Waals surface area contributed by atoms with Crippen molar-refractivity contribution in [3.8, 4) is 0 Å². The molecule has 0 unspecified atom stereocenters. The number of hydrogen-bond acceptors (Lipinski definition) is 3.